The number of thiophene rings is 1. The van der Waals surface area contributed by atoms with Crippen molar-refractivity contribution in [3.8, 4) is 0 Å². The minimum absolute atomic E-state index is 0.143. The van der Waals surface area contributed by atoms with Crippen molar-refractivity contribution in [1.29, 1.82) is 0 Å². The zero-order chi connectivity index (χ0) is 14.7. The molecular weight excluding hydrogens is 344 g/mol. The number of halogens is 1. The van der Waals surface area contributed by atoms with Crippen LogP contribution in [0.15, 0.2) is 52.3 Å². The van der Waals surface area contributed by atoms with E-state index in [9.17, 15) is 0 Å². The number of hydrogen-bond acceptors (Lipinski definition) is 3. The van der Waals surface area contributed by atoms with Gasteiger partial charge in [-0.2, -0.15) is 0 Å². The second kappa shape index (κ2) is 6.69. The molecule has 0 aliphatic heterocycles. The molecule has 2 heterocycles. The van der Waals surface area contributed by atoms with E-state index < -0.39 is 0 Å². The van der Waals surface area contributed by atoms with Crippen molar-refractivity contribution in [2.24, 2.45) is 0 Å². The predicted octanol–water partition coefficient (Wildman–Crippen LogP) is 5.15. The lowest BCUT2D eigenvalue weighted by atomic mass is 10.1. The Morgan fingerprint density at radius 1 is 1.19 bits per heavy atom. The molecule has 0 fully saturated rings. The van der Waals surface area contributed by atoms with Crippen molar-refractivity contribution >= 4 is 38.2 Å². The molecule has 0 saturated heterocycles. The van der Waals surface area contributed by atoms with E-state index in [1.54, 1.807) is 11.3 Å². The van der Waals surface area contributed by atoms with Gasteiger partial charge in [-0.05, 0) is 52.5 Å². The third-order valence-electron chi connectivity index (χ3n) is 3.42. The van der Waals surface area contributed by atoms with Gasteiger partial charge in [0, 0.05) is 14.7 Å². The van der Waals surface area contributed by atoms with Crippen molar-refractivity contribution in [3.05, 3.63) is 62.9 Å². The highest BCUT2D eigenvalue weighted by Crippen LogP contribution is 2.33. The summed E-state index contributed by atoms with van der Waals surface area (Å²) in [7, 11) is 0. The molecule has 108 valence electrons. The minimum atomic E-state index is 0.143. The Balaban J connectivity index is 2.03. The number of pyridine rings is 1. The van der Waals surface area contributed by atoms with E-state index in [1.165, 1.54) is 10.3 Å². The normalized spacial score (nSPS) is 12.7. The van der Waals surface area contributed by atoms with Gasteiger partial charge in [0.25, 0.3) is 0 Å². The van der Waals surface area contributed by atoms with Crippen LogP contribution in [0.1, 0.15) is 30.0 Å². The molecule has 0 amide bonds. The molecule has 4 heteroatoms. The molecule has 1 atom stereocenters. The number of hydrogen-bond donors (Lipinski definition) is 1. The summed E-state index contributed by atoms with van der Waals surface area (Å²) in [5.74, 6) is 0. The molecule has 3 aromatic rings. The lowest BCUT2D eigenvalue weighted by Gasteiger charge is -2.18. The summed E-state index contributed by atoms with van der Waals surface area (Å²) >= 11 is 5.41. The lowest BCUT2D eigenvalue weighted by molar-refractivity contribution is 0.594. The van der Waals surface area contributed by atoms with E-state index >= 15 is 0 Å². The molecule has 2 aromatic heterocycles. The molecule has 21 heavy (non-hydrogen) atoms. The number of nitrogens with zero attached hydrogens (tertiary/aromatic N) is 1. The molecule has 0 aliphatic rings. The zero-order valence-electron chi connectivity index (χ0n) is 11.8. The number of para-hydroxylation sites is 1. The highest BCUT2D eigenvalue weighted by atomic mass is 79.9. The summed E-state index contributed by atoms with van der Waals surface area (Å²) in [6.45, 7) is 3.16. The highest BCUT2D eigenvalue weighted by Gasteiger charge is 2.19. The predicted molar refractivity (Wildman–Crippen MR) is 93.9 cm³/mol. The number of benzene rings is 1. The Bertz CT molecular complexity index is 738. The fourth-order valence-corrected chi connectivity index (χ4v) is 4.06. The van der Waals surface area contributed by atoms with Crippen LogP contribution in [0.3, 0.4) is 0 Å². The molecule has 1 N–H and O–H groups in total. The Morgan fingerprint density at radius 3 is 2.81 bits per heavy atom. The average molecular weight is 361 g/mol. The monoisotopic (exact) mass is 360 g/mol. The lowest BCUT2D eigenvalue weighted by Crippen LogP contribution is -2.23. The fraction of sp³-hybridized carbons (Fsp3) is 0.235. The maximum absolute atomic E-state index is 4.85. The van der Waals surface area contributed by atoms with Crippen molar-refractivity contribution in [2.75, 3.05) is 6.54 Å². The second-order valence-corrected chi connectivity index (χ2v) is 6.75. The van der Waals surface area contributed by atoms with Gasteiger partial charge in [-0.15, -0.1) is 11.3 Å². The number of fused-ring (bicyclic) bond motifs is 1. The van der Waals surface area contributed by atoms with Gasteiger partial charge in [0.1, 0.15) is 0 Å². The third-order valence-corrected chi connectivity index (χ3v) is 5.36. The summed E-state index contributed by atoms with van der Waals surface area (Å²) in [5.41, 5.74) is 2.12. The first-order valence-electron chi connectivity index (χ1n) is 7.11. The van der Waals surface area contributed by atoms with Crippen LogP contribution in [0.2, 0.25) is 0 Å². The first-order chi connectivity index (χ1) is 10.3. The number of rotatable bonds is 5. The van der Waals surface area contributed by atoms with Crippen LogP contribution in [-0.2, 0) is 0 Å². The van der Waals surface area contributed by atoms with Crippen molar-refractivity contribution < 1.29 is 0 Å². The molecule has 1 aromatic carbocycles. The highest BCUT2D eigenvalue weighted by molar-refractivity contribution is 9.10. The zero-order valence-corrected chi connectivity index (χ0v) is 14.2. The van der Waals surface area contributed by atoms with E-state index in [0.717, 1.165) is 28.6 Å². The van der Waals surface area contributed by atoms with E-state index in [0.29, 0.717) is 0 Å². The summed E-state index contributed by atoms with van der Waals surface area (Å²) < 4.78 is 1.15. The summed E-state index contributed by atoms with van der Waals surface area (Å²) in [6, 6.07) is 14.8. The summed E-state index contributed by atoms with van der Waals surface area (Å²) in [4.78, 5) is 6.13. The molecule has 0 bridgehead atoms. The first-order valence-corrected chi connectivity index (χ1v) is 8.79. The third kappa shape index (κ3) is 3.18. The van der Waals surface area contributed by atoms with Crippen LogP contribution in [0, 0.1) is 0 Å². The molecule has 0 radical (unpaired) electrons. The van der Waals surface area contributed by atoms with E-state index in [-0.39, 0.29) is 6.04 Å². The van der Waals surface area contributed by atoms with Crippen LogP contribution in [-0.4, -0.2) is 11.5 Å². The van der Waals surface area contributed by atoms with Gasteiger partial charge in [-0.3, -0.25) is 4.98 Å². The van der Waals surface area contributed by atoms with Crippen LogP contribution >= 0.6 is 27.3 Å². The van der Waals surface area contributed by atoms with E-state index in [2.05, 4.69) is 63.9 Å². The molecular formula is C17H17BrN2S. The Morgan fingerprint density at radius 2 is 2.05 bits per heavy atom. The molecule has 3 rings (SSSR count). The average Bonchev–Trinajstić information content (AvgIpc) is 2.94. The second-order valence-electron chi connectivity index (χ2n) is 4.95. The van der Waals surface area contributed by atoms with Gasteiger partial charge in [0.05, 0.1) is 17.3 Å². The van der Waals surface area contributed by atoms with Crippen LogP contribution in [0.25, 0.3) is 10.9 Å². The number of aromatic nitrogens is 1. The molecule has 0 saturated carbocycles. The van der Waals surface area contributed by atoms with E-state index in [1.807, 2.05) is 12.1 Å². The first kappa shape index (κ1) is 14.7. The van der Waals surface area contributed by atoms with Crippen molar-refractivity contribution in [2.45, 2.75) is 19.4 Å². The van der Waals surface area contributed by atoms with Gasteiger partial charge in [0.2, 0.25) is 0 Å². The summed E-state index contributed by atoms with van der Waals surface area (Å²) in [6.07, 6.45) is 1.10. The van der Waals surface area contributed by atoms with Crippen molar-refractivity contribution in [1.82, 2.24) is 10.3 Å². The maximum atomic E-state index is 4.85. The Labute approximate surface area is 137 Å². The Kier molecular flexibility index (Phi) is 4.68. The van der Waals surface area contributed by atoms with E-state index in [4.69, 9.17) is 4.98 Å². The quantitative estimate of drug-likeness (QED) is 0.680. The van der Waals surface area contributed by atoms with Crippen LogP contribution in [0.5, 0.6) is 0 Å². The standard InChI is InChI=1S/C17H17BrN2S/c1-2-10-19-16(17-13(18)9-11-21-17)15-8-7-12-5-3-4-6-14(12)20-15/h3-9,11,16,19H,2,10H2,1H3. The van der Waals surface area contributed by atoms with Gasteiger partial charge in [-0.25, -0.2) is 0 Å². The van der Waals surface area contributed by atoms with Crippen molar-refractivity contribution in [3.63, 3.8) is 0 Å². The fourth-order valence-electron chi connectivity index (χ4n) is 2.37. The Hall–Kier alpha value is -1.23. The molecule has 2 nitrogen and oxygen atoms in total. The van der Waals surface area contributed by atoms with Crippen LogP contribution in [0.4, 0.5) is 0 Å². The van der Waals surface area contributed by atoms with Gasteiger partial charge in [0.15, 0.2) is 0 Å². The molecule has 1 unspecified atom stereocenters. The summed E-state index contributed by atoms with van der Waals surface area (Å²) in [5, 5.41) is 6.90. The van der Waals surface area contributed by atoms with Crippen LogP contribution < -0.4 is 5.32 Å². The smallest absolute Gasteiger partial charge is 0.0856 e. The minimum Gasteiger partial charge on any atom is -0.304 e. The SMILES string of the molecule is CCCNC(c1ccc2ccccc2n1)c1sccc1Br. The van der Waals surface area contributed by atoms with Gasteiger partial charge < -0.3 is 5.32 Å². The molecule has 0 aliphatic carbocycles. The molecule has 0 spiro atoms. The maximum Gasteiger partial charge on any atom is 0.0856 e. The topological polar surface area (TPSA) is 24.9 Å². The van der Waals surface area contributed by atoms with Gasteiger partial charge >= 0.3 is 0 Å². The van der Waals surface area contributed by atoms with Gasteiger partial charge in [-0.1, -0.05) is 31.2 Å². The largest absolute Gasteiger partial charge is 0.304 e. The number of nitrogens with one attached hydrogen (secondary N) is 1.